The minimum atomic E-state index is -0.254. The van der Waals surface area contributed by atoms with E-state index in [4.69, 9.17) is 14.6 Å². The second-order valence-electron chi connectivity index (χ2n) is 8.87. The lowest BCUT2D eigenvalue weighted by molar-refractivity contribution is 0.214. The van der Waals surface area contributed by atoms with Crippen LogP contribution in [-0.4, -0.2) is 16.6 Å². The SMILES string of the molecule is Cc1cc(C)c2c(c1)c1cc(C)cc(C)c1n2C1=c2ccoc2=CC2OC(=N)C=CC12. The summed E-state index contributed by atoms with van der Waals surface area (Å²) in [5.74, 6) is 0.187. The first-order chi connectivity index (χ1) is 14.9. The van der Waals surface area contributed by atoms with Crippen molar-refractivity contribution in [3.63, 3.8) is 0 Å². The summed E-state index contributed by atoms with van der Waals surface area (Å²) in [4.78, 5) is 0. The smallest absolute Gasteiger partial charge is 0.205 e. The molecule has 31 heavy (non-hydrogen) atoms. The first-order valence-electron chi connectivity index (χ1n) is 10.7. The number of rotatable bonds is 1. The highest BCUT2D eigenvalue weighted by Crippen LogP contribution is 2.39. The van der Waals surface area contributed by atoms with Crippen molar-refractivity contribution >= 4 is 39.5 Å². The van der Waals surface area contributed by atoms with Gasteiger partial charge in [-0.3, -0.25) is 5.41 Å². The molecule has 4 nitrogen and oxygen atoms in total. The molecule has 0 fully saturated rings. The minimum Gasteiger partial charge on any atom is -0.469 e. The van der Waals surface area contributed by atoms with E-state index in [1.807, 2.05) is 6.08 Å². The highest BCUT2D eigenvalue weighted by molar-refractivity contribution is 6.12. The van der Waals surface area contributed by atoms with E-state index >= 15 is 0 Å². The molecule has 0 radical (unpaired) electrons. The molecule has 0 spiro atoms. The van der Waals surface area contributed by atoms with Crippen molar-refractivity contribution < 1.29 is 9.15 Å². The highest BCUT2D eigenvalue weighted by Gasteiger charge is 2.34. The number of nitrogens with zero attached hydrogens (tertiary/aromatic N) is 1. The topological polar surface area (TPSA) is 51.2 Å². The van der Waals surface area contributed by atoms with E-state index in [1.54, 1.807) is 12.3 Å². The Balaban J connectivity index is 1.86. The zero-order valence-electron chi connectivity index (χ0n) is 18.1. The van der Waals surface area contributed by atoms with Crippen molar-refractivity contribution in [2.24, 2.45) is 5.92 Å². The molecular weight excluding hydrogens is 384 g/mol. The van der Waals surface area contributed by atoms with E-state index in [0.717, 1.165) is 16.3 Å². The van der Waals surface area contributed by atoms with E-state index in [0.29, 0.717) is 0 Å². The highest BCUT2D eigenvalue weighted by atomic mass is 16.5. The molecule has 1 aliphatic carbocycles. The standard InChI is InChI=1S/C27H24N2O2/c1-14-9-16(3)25-20(11-14)21-12-15(2)10-17(4)26(21)29(25)27-18-5-6-24(28)31-23(18)13-22-19(27)7-8-30-22/h5-13,18,23,28H,1-4H3. The number of hydrogen-bond donors (Lipinski definition) is 1. The molecule has 2 atom stereocenters. The van der Waals surface area contributed by atoms with Gasteiger partial charge in [0.25, 0.3) is 0 Å². The number of aryl methyl sites for hydroxylation is 4. The fourth-order valence-electron chi connectivity index (χ4n) is 5.48. The van der Waals surface area contributed by atoms with Gasteiger partial charge in [-0.05, 0) is 63.1 Å². The predicted molar refractivity (Wildman–Crippen MR) is 125 cm³/mol. The van der Waals surface area contributed by atoms with Crippen LogP contribution in [0.4, 0.5) is 0 Å². The Hall–Kier alpha value is -3.53. The van der Waals surface area contributed by atoms with Gasteiger partial charge in [-0.15, -0.1) is 0 Å². The summed E-state index contributed by atoms with van der Waals surface area (Å²) in [6.45, 7) is 8.71. The van der Waals surface area contributed by atoms with E-state index < -0.39 is 0 Å². The summed E-state index contributed by atoms with van der Waals surface area (Å²) >= 11 is 0. The Bertz CT molecular complexity index is 1510. The molecule has 4 aromatic rings. The first-order valence-corrected chi connectivity index (χ1v) is 10.7. The van der Waals surface area contributed by atoms with Gasteiger partial charge >= 0.3 is 0 Å². The van der Waals surface area contributed by atoms with Crippen LogP contribution in [0.5, 0.6) is 0 Å². The largest absolute Gasteiger partial charge is 0.469 e. The fraction of sp³-hybridized carbons (Fsp3) is 0.222. The normalized spacial score (nSPS) is 20.0. The molecule has 3 heterocycles. The molecule has 1 aliphatic heterocycles. The van der Waals surface area contributed by atoms with Crippen molar-refractivity contribution in [2.75, 3.05) is 0 Å². The van der Waals surface area contributed by atoms with Gasteiger partial charge in [0, 0.05) is 27.8 Å². The van der Waals surface area contributed by atoms with Gasteiger partial charge in [-0.1, -0.05) is 29.3 Å². The molecule has 0 amide bonds. The molecule has 0 saturated carbocycles. The lowest BCUT2D eigenvalue weighted by Crippen LogP contribution is -2.41. The molecule has 1 N–H and O–H groups in total. The molecule has 2 aliphatic rings. The number of furan rings is 1. The molecular formula is C27H24N2O2. The molecule has 2 aromatic heterocycles. The maximum absolute atomic E-state index is 8.00. The Morgan fingerprint density at radius 3 is 2.19 bits per heavy atom. The van der Waals surface area contributed by atoms with Crippen molar-refractivity contribution in [1.29, 1.82) is 5.41 Å². The van der Waals surface area contributed by atoms with Crippen molar-refractivity contribution in [1.82, 2.24) is 4.57 Å². The van der Waals surface area contributed by atoms with Gasteiger partial charge in [0.1, 0.15) is 11.5 Å². The summed E-state index contributed by atoms with van der Waals surface area (Å²) in [6, 6.07) is 11.2. The van der Waals surface area contributed by atoms with Crippen LogP contribution in [0.1, 0.15) is 22.3 Å². The van der Waals surface area contributed by atoms with Crippen LogP contribution in [0.15, 0.2) is 53.2 Å². The van der Waals surface area contributed by atoms with Gasteiger partial charge in [0.2, 0.25) is 5.90 Å². The van der Waals surface area contributed by atoms with Gasteiger partial charge in [0.15, 0.2) is 0 Å². The zero-order valence-corrected chi connectivity index (χ0v) is 18.1. The second kappa shape index (κ2) is 6.24. The molecule has 0 saturated heterocycles. The number of benzene rings is 2. The second-order valence-corrected chi connectivity index (χ2v) is 8.87. The van der Waals surface area contributed by atoms with Crippen LogP contribution in [0.25, 0.3) is 33.6 Å². The third kappa shape index (κ3) is 2.51. The number of fused-ring (bicyclic) bond motifs is 5. The van der Waals surface area contributed by atoms with E-state index in [9.17, 15) is 0 Å². The molecule has 0 bridgehead atoms. The summed E-state index contributed by atoms with van der Waals surface area (Å²) in [5.41, 5.74) is 9.45. The van der Waals surface area contributed by atoms with Crippen LogP contribution in [0.3, 0.4) is 0 Å². The van der Waals surface area contributed by atoms with Crippen LogP contribution in [0, 0.1) is 39.0 Å². The first kappa shape index (κ1) is 18.3. The maximum Gasteiger partial charge on any atom is 0.205 e. The zero-order chi connectivity index (χ0) is 21.4. The number of hydrogen-bond acceptors (Lipinski definition) is 3. The lowest BCUT2D eigenvalue weighted by Gasteiger charge is -2.31. The van der Waals surface area contributed by atoms with Crippen LogP contribution in [-0.2, 0) is 4.74 Å². The summed E-state index contributed by atoms with van der Waals surface area (Å²) in [7, 11) is 0. The number of aromatic nitrogens is 1. The molecule has 6 rings (SSSR count). The Kier molecular flexibility index (Phi) is 3.67. The minimum absolute atomic E-state index is 0.000550. The van der Waals surface area contributed by atoms with Crippen molar-refractivity contribution in [2.45, 2.75) is 33.8 Å². The summed E-state index contributed by atoms with van der Waals surface area (Å²) in [5, 5.41) is 11.6. The third-order valence-corrected chi connectivity index (χ3v) is 6.54. The summed E-state index contributed by atoms with van der Waals surface area (Å²) in [6.07, 6.45) is 7.36. The Labute approximate surface area is 180 Å². The van der Waals surface area contributed by atoms with Crippen LogP contribution < -0.4 is 10.6 Å². The van der Waals surface area contributed by atoms with E-state index in [-0.39, 0.29) is 17.9 Å². The Morgan fingerprint density at radius 1 is 0.903 bits per heavy atom. The van der Waals surface area contributed by atoms with Gasteiger partial charge in [-0.25, -0.2) is 0 Å². The number of ether oxygens (including phenoxy) is 1. The van der Waals surface area contributed by atoms with Crippen LogP contribution in [0.2, 0.25) is 0 Å². The molecule has 2 aromatic carbocycles. The quantitative estimate of drug-likeness (QED) is 0.500. The fourth-order valence-corrected chi connectivity index (χ4v) is 5.48. The molecule has 154 valence electrons. The third-order valence-electron chi connectivity index (χ3n) is 6.54. The predicted octanol–water partition coefficient (Wildman–Crippen LogP) is 4.62. The van der Waals surface area contributed by atoms with E-state index in [1.165, 1.54) is 44.1 Å². The lowest BCUT2D eigenvalue weighted by atomic mass is 9.90. The average molecular weight is 409 g/mol. The summed E-state index contributed by atoms with van der Waals surface area (Å²) < 4.78 is 14.2. The maximum atomic E-state index is 8.00. The number of nitrogens with one attached hydrogen (secondary N) is 1. The van der Waals surface area contributed by atoms with Gasteiger partial charge < -0.3 is 13.7 Å². The molecule has 4 heteroatoms. The van der Waals surface area contributed by atoms with Gasteiger partial charge in [-0.2, -0.15) is 0 Å². The molecule has 2 unspecified atom stereocenters. The van der Waals surface area contributed by atoms with Gasteiger partial charge in [0.05, 0.1) is 23.2 Å². The average Bonchev–Trinajstić information content (AvgIpc) is 3.29. The van der Waals surface area contributed by atoms with Crippen molar-refractivity contribution in [3.8, 4) is 0 Å². The Morgan fingerprint density at radius 2 is 1.55 bits per heavy atom. The van der Waals surface area contributed by atoms with Crippen molar-refractivity contribution in [3.05, 3.63) is 81.6 Å². The van der Waals surface area contributed by atoms with E-state index in [2.05, 4.69) is 68.7 Å². The monoisotopic (exact) mass is 408 g/mol. The van der Waals surface area contributed by atoms with Crippen LogP contribution >= 0.6 is 0 Å².